The fourth-order valence-corrected chi connectivity index (χ4v) is 6.33. The van der Waals surface area contributed by atoms with Crippen LogP contribution in [0.5, 0.6) is 5.75 Å². The summed E-state index contributed by atoms with van der Waals surface area (Å²) in [5, 5.41) is 8.70. The number of carbonyl (C=O) groups is 2. The molecule has 3 heterocycles. The highest BCUT2D eigenvalue weighted by atomic mass is 19.1. The molecule has 7 nitrogen and oxygen atoms in total. The molecule has 4 aromatic rings. The van der Waals surface area contributed by atoms with Gasteiger partial charge < -0.3 is 15.0 Å². The first-order valence-electron chi connectivity index (χ1n) is 15.0. The molecule has 218 valence electrons. The fourth-order valence-electron chi connectivity index (χ4n) is 6.33. The van der Waals surface area contributed by atoms with Crippen LogP contribution in [0.4, 0.5) is 4.39 Å². The zero-order valence-corrected chi connectivity index (χ0v) is 23.9. The number of benzene rings is 3. The van der Waals surface area contributed by atoms with E-state index >= 15 is 0 Å². The number of nitrogens with zero attached hydrogens (tertiary/aromatic N) is 3. The van der Waals surface area contributed by atoms with E-state index in [-0.39, 0.29) is 17.6 Å². The molecule has 2 amide bonds. The highest BCUT2D eigenvalue weighted by Gasteiger charge is 2.42. The molecule has 0 radical (unpaired) electrons. The molecule has 0 aliphatic carbocycles. The van der Waals surface area contributed by atoms with Crippen molar-refractivity contribution in [1.82, 2.24) is 20.0 Å². The molecule has 2 aliphatic rings. The van der Waals surface area contributed by atoms with Gasteiger partial charge in [-0.3, -0.25) is 14.3 Å². The topological polar surface area (TPSA) is 76.5 Å². The second-order valence-electron chi connectivity index (χ2n) is 11.5. The molecule has 0 unspecified atom stereocenters. The van der Waals surface area contributed by atoms with Crippen molar-refractivity contribution in [1.29, 1.82) is 0 Å². The summed E-state index contributed by atoms with van der Waals surface area (Å²) in [7, 11) is 0. The summed E-state index contributed by atoms with van der Waals surface area (Å²) < 4.78 is 21.3. The SMILES string of the molecule is O=C(c1c2ccccc2nn1Cc1ccc(F)cc1)N1CCC2(CCCCc3ccccc3OCCCNC2=O)CC1. The Bertz CT molecular complexity index is 1560. The van der Waals surface area contributed by atoms with Crippen molar-refractivity contribution in [2.75, 3.05) is 26.2 Å². The summed E-state index contributed by atoms with van der Waals surface area (Å²) in [6.07, 6.45) is 5.63. The van der Waals surface area contributed by atoms with Gasteiger partial charge in [0.15, 0.2) is 0 Å². The van der Waals surface area contributed by atoms with Crippen LogP contribution >= 0.6 is 0 Å². The lowest BCUT2D eigenvalue weighted by atomic mass is 9.73. The van der Waals surface area contributed by atoms with Crippen molar-refractivity contribution in [2.24, 2.45) is 5.41 Å². The summed E-state index contributed by atoms with van der Waals surface area (Å²) in [5.41, 5.74) is 2.88. The van der Waals surface area contributed by atoms with Crippen molar-refractivity contribution < 1.29 is 18.7 Å². The first-order chi connectivity index (χ1) is 20.5. The molecule has 6 rings (SSSR count). The van der Waals surface area contributed by atoms with E-state index in [0.29, 0.717) is 51.3 Å². The predicted octanol–water partition coefficient (Wildman–Crippen LogP) is 5.76. The Morgan fingerprint density at radius 1 is 0.929 bits per heavy atom. The summed E-state index contributed by atoms with van der Waals surface area (Å²) in [6.45, 7) is 2.51. The van der Waals surface area contributed by atoms with Crippen LogP contribution < -0.4 is 10.1 Å². The maximum atomic E-state index is 14.0. The van der Waals surface area contributed by atoms with E-state index in [1.54, 1.807) is 16.8 Å². The Kier molecular flexibility index (Phi) is 8.22. The molecule has 1 saturated heterocycles. The number of rotatable bonds is 3. The second-order valence-corrected chi connectivity index (χ2v) is 11.5. The molecule has 8 heteroatoms. The molecule has 1 spiro atoms. The van der Waals surface area contributed by atoms with Crippen molar-refractivity contribution in [2.45, 2.75) is 51.5 Å². The highest BCUT2D eigenvalue weighted by Crippen LogP contribution is 2.38. The minimum Gasteiger partial charge on any atom is -0.493 e. The van der Waals surface area contributed by atoms with E-state index in [9.17, 15) is 14.0 Å². The largest absolute Gasteiger partial charge is 0.493 e. The normalized spacial score (nSPS) is 17.8. The molecular formula is C34H37FN4O3. The van der Waals surface area contributed by atoms with Crippen molar-refractivity contribution >= 4 is 22.7 Å². The number of para-hydroxylation sites is 1. The summed E-state index contributed by atoms with van der Waals surface area (Å²) in [5.74, 6) is 0.654. The third-order valence-electron chi connectivity index (χ3n) is 8.77. The minimum atomic E-state index is -0.484. The van der Waals surface area contributed by atoms with Gasteiger partial charge in [0, 0.05) is 25.0 Å². The van der Waals surface area contributed by atoms with Gasteiger partial charge in [-0.05, 0) is 73.9 Å². The van der Waals surface area contributed by atoms with E-state index < -0.39 is 5.41 Å². The Hall–Kier alpha value is -4.20. The van der Waals surface area contributed by atoms with Gasteiger partial charge in [0.1, 0.15) is 17.3 Å². The number of hydrogen-bond donors (Lipinski definition) is 1. The number of aryl methyl sites for hydroxylation is 1. The van der Waals surface area contributed by atoms with Crippen LogP contribution in [0.1, 0.15) is 60.1 Å². The van der Waals surface area contributed by atoms with Gasteiger partial charge in [-0.25, -0.2) is 4.39 Å². The number of ether oxygens (including phenoxy) is 1. The maximum Gasteiger partial charge on any atom is 0.272 e. The van der Waals surface area contributed by atoms with E-state index in [0.717, 1.165) is 54.3 Å². The van der Waals surface area contributed by atoms with Gasteiger partial charge in [-0.2, -0.15) is 5.10 Å². The van der Waals surface area contributed by atoms with Crippen molar-refractivity contribution in [3.8, 4) is 5.75 Å². The maximum absolute atomic E-state index is 14.0. The Morgan fingerprint density at radius 2 is 1.69 bits per heavy atom. The zero-order chi connectivity index (χ0) is 28.9. The number of nitrogens with one attached hydrogen (secondary N) is 1. The molecule has 0 atom stereocenters. The number of hydrogen-bond acceptors (Lipinski definition) is 4. The predicted molar refractivity (Wildman–Crippen MR) is 160 cm³/mol. The van der Waals surface area contributed by atoms with E-state index in [4.69, 9.17) is 9.84 Å². The molecule has 1 fully saturated rings. The number of aromatic nitrogens is 2. The molecule has 2 aliphatic heterocycles. The highest BCUT2D eigenvalue weighted by molar-refractivity contribution is 6.05. The quantitative estimate of drug-likeness (QED) is 0.341. The average Bonchev–Trinajstić information content (AvgIpc) is 3.38. The lowest BCUT2D eigenvalue weighted by molar-refractivity contribution is -0.134. The Labute approximate surface area is 245 Å². The van der Waals surface area contributed by atoms with Gasteiger partial charge in [0.05, 0.1) is 24.1 Å². The zero-order valence-electron chi connectivity index (χ0n) is 23.9. The number of piperidine rings is 1. The Morgan fingerprint density at radius 3 is 2.52 bits per heavy atom. The minimum absolute atomic E-state index is 0.0838. The van der Waals surface area contributed by atoms with Crippen LogP contribution in [-0.2, 0) is 17.8 Å². The lowest BCUT2D eigenvalue weighted by Gasteiger charge is -2.41. The van der Waals surface area contributed by atoms with Gasteiger partial charge in [-0.1, -0.05) is 55.0 Å². The summed E-state index contributed by atoms with van der Waals surface area (Å²) >= 11 is 0. The molecule has 0 bridgehead atoms. The molecular weight excluding hydrogens is 531 g/mol. The monoisotopic (exact) mass is 568 g/mol. The number of amides is 2. The van der Waals surface area contributed by atoms with Gasteiger partial charge in [-0.15, -0.1) is 0 Å². The lowest BCUT2D eigenvalue weighted by Crippen LogP contribution is -2.50. The molecule has 1 N–H and O–H groups in total. The van der Waals surface area contributed by atoms with Gasteiger partial charge in [0.2, 0.25) is 5.91 Å². The van der Waals surface area contributed by atoms with Crippen LogP contribution in [0.3, 0.4) is 0 Å². The molecule has 0 saturated carbocycles. The third-order valence-corrected chi connectivity index (χ3v) is 8.77. The van der Waals surface area contributed by atoms with E-state index in [1.165, 1.54) is 17.7 Å². The summed E-state index contributed by atoms with van der Waals surface area (Å²) in [6, 6.07) is 22.1. The molecule has 42 heavy (non-hydrogen) atoms. The smallest absolute Gasteiger partial charge is 0.272 e. The number of carbonyl (C=O) groups excluding carboxylic acids is 2. The van der Waals surface area contributed by atoms with Crippen LogP contribution in [0.2, 0.25) is 0 Å². The first-order valence-corrected chi connectivity index (χ1v) is 15.0. The van der Waals surface area contributed by atoms with Crippen LogP contribution in [0.25, 0.3) is 10.9 Å². The fraction of sp³-hybridized carbons (Fsp3) is 0.382. The van der Waals surface area contributed by atoms with Crippen LogP contribution in [-0.4, -0.2) is 52.7 Å². The van der Waals surface area contributed by atoms with Crippen LogP contribution in [0, 0.1) is 11.2 Å². The van der Waals surface area contributed by atoms with Gasteiger partial charge >= 0.3 is 0 Å². The van der Waals surface area contributed by atoms with Crippen LogP contribution in [0.15, 0.2) is 72.8 Å². The van der Waals surface area contributed by atoms with Gasteiger partial charge in [0.25, 0.3) is 5.91 Å². The standard InChI is InChI=1S/C34H37FN4O3/c35-27-15-13-25(14-16-27)24-39-31(28-10-2-3-11-29(28)37-39)32(40)38-21-18-34(19-22-38)17-6-5-9-26-8-1-4-12-30(26)42-23-7-20-36-33(34)41/h1-4,8,10-16H,5-7,9,17-24H2,(H,36,41). The number of likely N-dealkylation sites (tertiary alicyclic amines) is 1. The molecule has 3 aromatic carbocycles. The summed E-state index contributed by atoms with van der Waals surface area (Å²) in [4.78, 5) is 29.5. The Balaban J connectivity index is 1.19. The first kappa shape index (κ1) is 27.9. The number of fused-ring (bicyclic) bond motifs is 2. The average molecular weight is 569 g/mol. The van der Waals surface area contributed by atoms with Crippen molar-refractivity contribution in [3.63, 3.8) is 0 Å². The van der Waals surface area contributed by atoms with E-state index in [2.05, 4.69) is 17.4 Å². The second kappa shape index (κ2) is 12.3. The van der Waals surface area contributed by atoms with Crippen molar-refractivity contribution in [3.05, 3.63) is 95.4 Å². The third kappa shape index (κ3) is 5.89. The molecule has 1 aromatic heterocycles. The van der Waals surface area contributed by atoms with E-state index in [1.807, 2.05) is 41.3 Å². The number of halogens is 1.